The number of carbonyl (C=O) groups is 1. The van der Waals surface area contributed by atoms with E-state index < -0.39 is 5.41 Å². The van der Waals surface area contributed by atoms with Gasteiger partial charge in [0.05, 0.1) is 16.4 Å². The number of nitrogens with one attached hydrogen (secondary N) is 1. The van der Waals surface area contributed by atoms with Crippen molar-refractivity contribution in [3.05, 3.63) is 22.4 Å². The molecule has 0 aliphatic carbocycles. The van der Waals surface area contributed by atoms with Gasteiger partial charge in [-0.3, -0.25) is 4.79 Å². The van der Waals surface area contributed by atoms with Gasteiger partial charge in [0.1, 0.15) is 0 Å². The summed E-state index contributed by atoms with van der Waals surface area (Å²) < 4.78 is 0. The summed E-state index contributed by atoms with van der Waals surface area (Å²) in [6.45, 7) is 5.65. The maximum atomic E-state index is 12.2. The number of hydrogen-bond donors (Lipinski definition) is 2. The van der Waals surface area contributed by atoms with Crippen molar-refractivity contribution >= 4 is 34.5 Å². The highest BCUT2D eigenvalue weighted by atomic mass is 32.1. The Morgan fingerprint density at radius 1 is 1.71 bits per heavy atom. The molecule has 1 rings (SSSR count). The van der Waals surface area contributed by atoms with Gasteiger partial charge in [0, 0.05) is 0 Å². The first kappa shape index (κ1) is 14.1. The van der Waals surface area contributed by atoms with Gasteiger partial charge in [0.15, 0.2) is 0 Å². The Hall–Kier alpha value is -0.940. The molecule has 17 heavy (non-hydrogen) atoms. The fraction of sp³-hybridized carbons (Fsp3) is 0.500. The van der Waals surface area contributed by atoms with Gasteiger partial charge in [-0.25, -0.2) is 0 Å². The standard InChI is InChI=1S/C12H18N2OS2/c1-4-12(3,10(13)16)11(15)14-8(2)9-5-6-17-7-9/h5-8H,4H2,1-3H3,(H2,13,16)(H,14,15). The van der Waals surface area contributed by atoms with Crippen molar-refractivity contribution in [3.8, 4) is 0 Å². The third kappa shape index (κ3) is 3.04. The highest BCUT2D eigenvalue weighted by Crippen LogP contribution is 2.24. The smallest absolute Gasteiger partial charge is 0.233 e. The van der Waals surface area contributed by atoms with Crippen LogP contribution in [0.5, 0.6) is 0 Å². The lowest BCUT2D eigenvalue weighted by Crippen LogP contribution is -2.47. The molecule has 0 aromatic carbocycles. The molecule has 5 heteroatoms. The summed E-state index contributed by atoms with van der Waals surface area (Å²) in [5.41, 5.74) is 5.99. The van der Waals surface area contributed by atoms with Gasteiger partial charge in [0.2, 0.25) is 5.91 Å². The van der Waals surface area contributed by atoms with Gasteiger partial charge in [-0.15, -0.1) is 0 Å². The van der Waals surface area contributed by atoms with Gasteiger partial charge in [0.25, 0.3) is 0 Å². The lowest BCUT2D eigenvalue weighted by Gasteiger charge is -2.27. The van der Waals surface area contributed by atoms with E-state index in [1.54, 1.807) is 18.3 Å². The minimum absolute atomic E-state index is 0.0195. The average molecular weight is 270 g/mol. The molecular weight excluding hydrogens is 252 g/mol. The summed E-state index contributed by atoms with van der Waals surface area (Å²) in [4.78, 5) is 12.4. The molecule has 2 atom stereocenters. The average Bonchev–Trinajstić information content (AvgIpc) is 2.80. The summed E-state index contributed by atoms with van der Waals surface area (Å²) in [6.07, 6.45) is 0.602. The quantitative estimate of drug-likeness (QED) is 0.809. The molecule has 1 aromatic heterocycles. The number of carbonyl (C=O) groups excluding carboxylic acids is 1. The van der Waals surface area contributed by atoms with E-state index in [2.05, 4.69) is 5.32 Å². The SMILES string of the molecule is CCC(C)(C(=O)NC(C)c1ccsc1)C(N)=S. The molecule has 1 aromatic rings. The van der Waals surface area contributed by atoms with E-state index in [9.17, 15) is 4.79 Å². The molecule has 3 N–H and O–H groups in total. The van der Waals surface area contributed by atoms with Gasteiger partial charge >= 0.3 is 0 Å². The first-order chi connectivity index (χ1) is 7.91. The number of amides is 1. The Morgan fingerprint density at radius 2 is 2.35 bits per heavy atom. The first-order valence-electron chi connectivity index (χ1n) is 5.54. The van der Waals surface area contributed by atoms with E-state index >= 15 is 0 Å². The Balaban J connectivity index is 2.75. The Kier molecular flexibility index (Phi) is 4.65. The molecule has 0 saturated heterocycles. The molecule has 3 nitrogen and oxygen atoms in total. The van der Waals surface area contributed by atoms with Crippen LogP contribution < -0.4 is 11.1 Å². The number of thiocarbonyl (C=S) groups is 1. The monoisotopic (exact) mass is 270 g/mol. The molecule has 0 radical (unpaired) electrons. The second-order valence-corrected chi connectivity index (χ2v) is 5.52. The number of rotatable bonds is 5. The maximum Gasteiger partial charge on any atom is 0.233 e. The van der Waals surface area contributed by atoms with E-state index in [-0.39, 0.29) is 16.9 Å². The van der Waals surface area contributed by atoms with E-state index in [1.165, 1.54) is 0 Å². The third-order valence-electron chi connectivity index (χ3n) is 3.14. The predicted molar refractivity (Wildman–Crippen MR) is 76.1 cm³/mol. The van der Waals surface area contributed by atoms with Crippen LogP contribution >= 0.6 is 23.6 Å². The first-order valence-corrected chi connectivity index (χ1v) is 6.90. The van der Waals surface area contributed by atoms with E-state index in [1.807, 2.05) is 30.7 Å². The van der Waals surface area contributed by atoms with E-state index in [4.69, 9.17) is 18.0 Å². The second kappa shape index (κ2) is 5.60. The molecule has 94 valence electrons. The van der Waals surface area contributed by atoms with Gasteiger partial charge < -0.3 is 11.1 Å². The predicted octanol–water partition coefficient (Wildman–Crippen LogP) is 2.63. The van der Waals surface area contributed by atoms with Crippen LogP contribution in [0.3, 0.4) is 0 Å². The second-order valence-electron chi connectivity index (χ2n) is 4.30. The minimum atomic E-state index is -0.764. The minimum Gasteiger partial charge on any atom is -0.392 e. The Bertz CT molecular complexity index is 403. The fourth-order valence-corrected chi connectivity index (χ4v) is 2.40. The molecule has 0 saturated carbocycles. The van der Waals surface area contributed by atoms with Crippen molar-refractivity contribution in [1.29, 1.82) is 0 Å². The molecule has 0 bridgehead atoms. The van der Waals surface area contributed by atoms with Crippen LogP contribution in [0.2, 0.25) is 0 Å². The number of thiophene rings is 1. The van der Waals surface area contributed by atoms with Crippen LogP contribution in [0.25, 0.3) is 0 Å². The highest BCUT2D eigenvalue weighted by Gasteiger charge is 2.35. The lowest BCUT2D eigenvalue weighted by atomic mass is 9.86. The van der Waals surface area contributed by atoms with Crippen LogP contribution in [0.1, 0.15) is 38.8 Å². The fourth-order valence-electron chi connectivity index (χ4n) is 1.41. The molecule has 0 aliphatic heterocycles. The van der Waals surface area contributed by atoms with E-state index in [0.29, 0.717) is 6.42 Å². The van der Waals surface area contributed by atoms with Crippen molar-refractivity contribution in [2.75, 3.05) is 0 Å². The number of hydrogen-bond acceptors (Lipinski definition) is 3. The highest BCUT2D eigenvalue weighted by molar-refractivity contribution is 7.80. The van der Waals surface area contributed by atoms with Gasteiger partial charge in [-0.1, -0.05) is 19.1 Å². The largest absolute Gasteiger partial charge is 0.392 e. The molecular formula is C12H18N2OS2. The zero-order valence-corrected chi connectivity index (χ0v) is 12.0. The van der Waals surface area contributed by atoms with Crippen LogP contribution in [0.15, 0.2) is 16.8 Å². The summed E-state index contributed by atoms with van der Waals surface area (Å²) in [7, 11) is 0. The molecule has 1 heterocycles. The molecule has 1 amide bonds. The normalized spacial score (nSPS) is 15.9. The molecule has 0 spiro atoms. The molecule has 0 aliphatic rings. The lowest BCUT2D eigenvalue weighted by molar-refractivity contribution is -0.127. The van der Waals surface area contributed by atoms with E-state index in [0.717, 1.165) is 5.56 Å². The van der Waals surface area contributed by atoms with Crippen molar-refractivity contribution in [3.63, 3.8) is 0 Å². The van der Waals surface area contributed by atoms with Gasteiger partial charge in [-0.2, -0.15) is 11.3 Å². The Labute approximate surface area is 111 Å². The van der Waals surface area contributed by atoms with Crippen LogP contribution in [0.4, 0.5) is 0 Å². The number of nitrogens with two attached hydrogens (primary N) is 1. The summed E-state index contributed by atoms with van der Waals surface area (Å²) in [5.74, 6) is -0.105. The summed E-state index contributed by atoms with van der Waals surface area (Å²) in [5, 5.41) is 6.97. The maximum absolute atomic E-state index is 12.2. The van der Waals surface area contributed by atoms with Crippen molar-refractivity contribution in [2.45, 2.75) is 33.2 Å². The van der Waals surface area contributed by atoms with Gasteiger partial charge in [-0.05, 0) is 42.7 Å². The van der Waals surface area contributed by atoms with Crippen molar-refractivity contribution in [2.24, 2.45) is 11.1 Å². The van der Waals surface area contributed by atoms with Crippen LogP contribution in [-0.2, 0) is 4.79 Å². The van der Waals surface area contributed by atoms with Crippen LogP contribution in [0, 0.1) is 5.41 Å². The zero-order valence-electron chi connectivity index (χ0n) is 10.3. The molecule has 2 unspecified atom stereocenters. The van der Waals surface area contributed by atoms with Crippen molar-refractivity contribution in [1.82, 2.24) is 5.32 Å². The summed E-state index contributed by atoms with van der Waals surface area (Å²) in [6, 6.07) is 1.98. The zero-order chi connectivity index (χ0) is 13.1. The molecule has 0 fully saturated rings. The third-order valence-corrected chi connectivity index (χ3v) is 4.29. The summed E-state index contributed by atoms with van der Waals surface area (Å²) >= 11 is 6.59. The van der Waals surface area contributed by atoms with Crippen molar-refractivity contribution < 1.29 is 4.79 Å². The van der Waals surface area contributed by atoms with Crippen LogP contribution in [-0.4, -0.2) is 10.9 Å². The Morgan fingerprint density at radius 3 is 2.76 bits per heavy atom. The topological polar surface area (TPSA) is 55.1 Å².